The molecule has 0 fully saturated rings. The number of carbonyl (C=O) groups excluding carboxylic acids is 2. The summed E-state index contributed by atoms with van der Waals surface area (Å²) < 4.78 is 6.79. The van der Waals surface area contributed by atoms with Gasteiger partial charge in [-0.15, -0.1) is 11.3 Å². The lowest BCUT2D eigenvalue weighted by Crippen LogP contribution is -2.22. The van der Waals surface area contributed by atoms with Gasteiger partial charge in [0.05, 0.1) is 10.7 Å². The van der Waals surface area contributed by atoms with Crippen LogP contribution < -0.4 is 0 Å². The minimum atomic E-state index is -0.734. The summed E-state index contributed by atoms with van der Waals surface area (Å²) >= 11 is 1.56. The molecule has 20 heavy (non-hydrogen) atoms. The fraction of sp³-hybridized carbons (Fsp3) is 0.357. The number of aromatic nitrogens is 2. The minimum Gasteiger partial charge on any atom is -0.450 e. The van der Waals surface area contributed by atoms with Crippen LogP contribution in [0.2, 0.25) is 0 Å². The number of Topliss-reactive ketones (excluding diaryl/α,β-unsaturated/α-hetero) is 1. The summed E-state index contributed by atoms with van der Waals surface area (Å²) in [5, 5.41) is 2.91. The van der Waals surface area contributed by atoms with Crippen LogP contribution >= 0.6 is 11.3 Å². The molecule has 5 nitrogen and oxygen atoms in total. The molecular weight excluding hydrogens is 276 g/mol. The SMILES string of the molecule is CC(=O)[C@@H](C)OC(=O)c1cc(-c2csc(C)n2)cn1C. The second kappa shape index (κ2) is 5.58. The zero-order valence-corrected chi connectivity index (χ0v) is 12.7. The molecule has 6 heteroatoms. The number of esters is 1. The van der Waals surface area contributed by atoms with Crippen molar-refractivity contribution < 1.29 is 14.3 Å². The Hall–Kier alpha value is -1.95. The largest absolute Gasteiger partial charge is 0.450 e. The zero-order chi connectivity index (χ0) is 14.9. The molecule has 0 N–H and O–H groups in total. The van der Waals surface area contributed by atoms with Crippen LogP contribution in [0.25, 0.3) is 11.3 Å². The molecule has 2 aromatic heterocycles. The van der Waals surface area contributed by atoms with Crippen molar-refractivity contribution in [3.8, 4) is 11.3 Å². The van der Waals surface area contributed by atoms with Gasteiger partial charge in [-0.25, -0.2) is 9.78 Å². The van der Waals surface area contributed by atoms with Gasteiger partial charge >= 0.3 is 5.97 Å². The molecule has 0 bridgehead atoms. The smallest absolute Gasteiger partial charge is 0.355 e. The molecule has 0 aliphatic rings. The van der Waals surface area contributed by atoms with Gasteiger partial charge in [0.1, 0.15) is 5.69 Å². The lowest BCUT2D eigenvalue weighted by atomic mass is 10.2. The van der Waals surface area contributed by atoms with Gasteiger partial charge in [-0.1, -0.05) is 0 Å². The maximum atomic E-state index is 12.0. The first-order chi connectivity index (χ1) is 9.38. The van der Waals surface area contributed by atoms with E-state index in [2.05, 4.69) is 4.98 Å². The highest BCUT2D eigenvalue weighted by molar-refractivity contribution is 7.09. The Balaban J connectivity index is 2.23. The summed E-state index contributed by atoms with van der Waals surface area (Å²) in [5.74, 6) is -0.684. The van der Waals surface area contributed by atoms with E-state index in [1.165, 1.54) is 6.92 Å². The fourth-order valence-corrected chi connectivity index (χ4v) is 2.33. The van der Waals surface area contributed by atoms with Crippen LogP contribution in [-0.2, 0) is 16.6 Å². The number of rotatable bonds is 4. The van der Waals surface area contributed by atoms with Crippen LogP contribution in [0.1, 0.15) is 29.3 Å². The molecule has 2 aromatic rings. The molecule has 2 rings (SSSR count). The minimum absolute atomic E-state index is 0.178. The molecule has 0 saturated carbocycles. The van der Waals surface area contributed by atoms with Crippen LogP contribution in [0, 0.1) is 6.92 Å². The Morgan fingerprint density at radius 2 is 2.15 bits per heavy atom. The third-order valence-electron chi connectivity index (χ3n) is 2.99. The van der Waals surface area contributed by atoms with Crippen LogP contribution in [-0.4, -0.2) is 27.4 Å². The lowest BCUT2D eigenvalue weighted by molar-refractivity contribution is -0.124. The normalized spacial score (nSPS) is 12.2. The number of carbonyl (C=O) groups is 2. The third-order valence-corrected chi connectivity index (χ3v) is 3.76. The first-order valence-electron chi connectivity index (χ1n) is 6.18. The molecule has 0 spiro atoms. The third kappa shape index (κ3) is 2.96. The van der Waals surface area contributed by atoms with Gasteiger partial charge in [-0.05, 0) is 26.8 Å². The summed E-state index contributed by atoms with van der Waals surface area (Å²) in [6, 6.07) is 1.73. The Morgan fingerprint density at radius 3 is 2.70 bits per heavy atom. The highest BCUT2D eigenvalue weighted by atomic mass is 32.1. The van der Waals surface area contributed by atoms with E-state index in [0.29, 0.717) is 5.69 Å². The summed E-state index contributed by atoms with van der Waals surface area (Å²) in [7, 11) is 1.76. The van der Waals surface area contributed by atoms with E-state index >= 15 is 0 Å². The number of nitrogens with zero attached hydrogens (tertiary/aromatic N) is 2. The number of hydrogen-bond donors (Lipinski definition) is 0. The van der Waals surface area contributed by atoms with Crippen LogP contribution in [0.5, 0.6) is 0 Å². The predicted octanol–water partition coefficient (Wildman–Crippen LogP) is 2.59. The summed E-state index contributed by atoms with van der Waals surface area (Å²) in [5.41, 5.74) is 2.10. The van der Waals surface area contributed by atoms with Crippen molar-refractivity contribution in [3.63, 3.8) is 0 Å². The Morgan fingerprint density at radius 1 is 1.45 bits per heavy atom. The first kappa shape index (κ1) is 14.5. The average molecular weight is 292 g/mol. The van der Waals surface area contributed by atoms with Crippen molar-refractivity contribution in [2.75, 3.05) is 0 Å². The number of ether oxygens (including phenoxy) is 1. The van der Waals surface area contributed by atoms with E-state index in [0.717, 1.165) is 16.3 Å². The lowest BCUT2D eigenvalue weighted by Gasteiger charge is -2.09. The van der Waals surface area contributed by atoms with Gasteiger partial charge in [0.15, 0.2) is 11.9 Å². The van der Waals surface area contributed by atoms with Gasteiger partial charge in [0, 0.05) is 24.2 Å². The van der Waals surface area contributed by atoms with E-state index in [4.69, 9.17) is 4.74 Å². The Labute approximate surface area is 121 Å². The number of ketones is 1. The molecule has 0 unspecified atom stereocenters. The van der Waals surface area contributed by atoms with Crippen molar-refractivity contribution >= 4 is 23.1 Å². The Kier molecular flexibility index (Phi) is 4.04. The van der Waals surface area contributed by atoms with Crippen molar-refractivity contribution in [2.24, 2.45) is 7.05 Å². The molecule has 106 valence electrons. The fourth-order valence-electron chi connectivity index (χ4n) is 1.71. The second-order valence-electron chi connectivity index (χ2n) is 4.63. The summed E-state index contributed by atoms with van der Waals surface area (Å²) in [6.07, 6.45) is 1.09. The molecule has 0 aliphatic heterocycles. The van der Waals surface area contributed by atoms with Crippen molar-refractivity contribution in [3.05, 3.63) is 28.3 Å². The number of hydrogen-bond acceptors (Lipinski definition) is 5. The highest BCUT2D eigenvalue weighted by Gasteiger charge is 2.19. The van der Waals surface area contributed by atoms with Gasteiger partial charge < -0.3 is 9.30 Å². The van der Waals surface area contributed by atoms with Gasteiger partial charge in [0.25, 0.3) is 0 Å². The van der Waals surface area contributed by atoms with E-state index < -0.39 is 12.1 Å². The standard InChI is InChI=1S/C14H16N2O3S/c1-8(17)9(2)19-14(18)13-5-11(6-16(13)4)12-7-20-10(3)15-12/h5-7,9H,1-4H3/t9-/m1/s1. The van der Waals surface area contributed by atoms with Crippen LogP contribution in [0.3, 0.4) is 0 Å². The zero-order valence-electron chi connectivity index (χ0n) is 11.8. The maximum Gasteiger partial charge on any atom is 0.355 e. The average Bonchev–Trinajstić information content (AvgIpc) is 2.95. The molecule has 1 atom stereocenters. The molecule has 0 aromatic carbocycles. The monoisotopic (exact) mass is 292 g/mol. The van der Waals surface area contributed by atoms with E-state index in [1.54, 1.807) is 35.9 Å². The van der Waals surface area contributed by atoms with Crippen molar-refractivity contribution in [1.29, 1.82) is 0 Å². The molecule has 0 saturated heterocycles. The van der Waals surface area contributed by atoms with Crippen LogP contribution in [0.15, 0.2) is 17.6 Å². The van der Waals surface area contributed by atoms with Crippen molar-refractivity contribution in [2.45, 2.75) is 26.9 Å². The van der Waals surface area contributed by atoms with Crippen LogP contribution in [0.4, 0.5) is 0 Å². The van der Waals surface area contributed by atoms with E-state index in [-0.39, 0.29) is 5.78 Å². The number of aryl methyl sites for hydroxylation is 2. The quantitative estimate of drug-likeness (QED) is 0.813. The molecule has 0 radical (unpaired) electrons. The molecule has 0 amide bonds. The maximum absolute atomic E-state index is 12.0. The molecular formula is C14H16N2O3S. The Bertz CT molecular complexity index is 657. The van der Waals surface area contributed by atoms with Crippen molar-refractivity contribution in [1.82, 2.24) is 9.55 Å². The second-order valence-corrected chi connectivity index (χ2v) is 5.70. The highest BCUT2D eigenvalue weighted by Crippen LogP contribution is 2.24. The summed E-state index contributed by atoms with van der Waals surface area (Å²) in [6.45, 7) is 4.89. The van der Waals surface area contributed by atoms with E-state index in [1.807, 2.05) is 18.5 Å². The summed E-state index contributed by atoms with van der Waals surface area (Å²) in [4.78, 5) is 27.5. The first-order valence-corrected chi connectivity index (χ1v) is 7.06. The number of thiazole rings is 1. The topological polar surface area (TPSA) is 61.2 Å². The van der Waals surface area contributed by atoms with Gasteiger partial charge in [-0.2, -0.15) is 0 Å². The van der Waals surface area contributed by atoms with Gasteiger partial charge in [-0.3, -0.25) is 4.79 Å². The molecule has 2 heterocycles. The predicted molar refractivity (Wildman–Crippen MR) is 76.8 cm³/mol. The molecule has 0 aliphatic carbocycles. The van der Waals surface area contributed by atoms with Gasteiger partial charge in [0.2, 0.25) is 0 Å². The van der Waals surface area contributed by atoms with E-state index in [9.17, 15) is 9.59 Å².